The maximum Gasteiger partial charge on any atom is 0.346 e. The van der Waals surface area contributed by atoms with Crippen molar-refractivity contribution in [3.05, 3.63) is 81.7 Å². The van der Waals surface area contributed by atoms with E-state index in [2.05, 4.69) is 10.3 Å². The second-order valence-electron chi connectivity index (χ2n) is 6.25. The third kappa shape index (κ3) is 2.73. The first-order valence-electron chi connectivity index (χ1n) is 8.24. The average molecular weight is 344 g/mol. The highest BCUT2D eigenvalue weighted by Crippen LogP contribution is 2.25. The highest BCUT2D eigenvalue weighted by molar-refractivity contribution is 6.06. The summed E-state index contributed by atoms with van der Waals surface area (Å²) in [6, 6.07) is 16.2. The number of hydrogen-bond acceptors (Lipinski definition) is 4. The minimum atomic E-state index is -0.430. The number of nitrogens with zero attached hydrogens (tertiary/aromatic N) is 1. The van der Waals surface area contributed by atoms with Gasteiger partial charge in [0.25, 0.3) is 5.91 Å². The molecule has 0 aliphatic carbocycles. The molecule has 1 N–H and O–H groups in total. The first kappa shape index (κ1) is 16.0. The number of rotatable bonds is 2. The zero-order valence-electron chi connectivity index (χ0n) is 14.4. The van der Waals surface area contributed by atoms with Gasteiger partial charge in [0.05, 0.1) is 10.9 Å². The Kier molecular flexibility index (Phi) is 3.77. The first-order chi connectivity index (χ1) is 12.5. The molecule has 0 aliphatic heterocycles. The van der Waals surface area contributed by atoms with E-state index < -0.39 is 5.63 Å². The minimum Gasteiger partial charge on any atom is -0.422 e. The number of hydrogen-bond donors (Lipinski definition) is 1. The second-order valence-corrected chi connectivity index (χ2v) is 6.25. The second kappa shape index (κ2) is 6.11. The number of para-hydroxylation sites is 1. The fourth-order valence-electron chi connectivity index (χ4n) is 2.98. The van der Waals surface area contributed by atoms with Crippen LogP contribution in [-0.2, 0) is 0 Å². The highest BCUT2D eigenvalue weighted by atomic mass is 16.4. The Morgan fingerprint density at radius 1 is 1.04 bits per heavy atom. The summed E-state index contributed by atoms with van der Waals surface area (Å²) in [6.07, 6.45) is 0. The normalized spacial score (nSPS) is 11.0. The molecule has 0 radical (unpaired) electrons. The van der Waals surface area contributed by atoms with Gasteiger partial charge in [0.1, 0.15) is 11.4 Å². The largest absolute Gasteiger partial charge is 0.422 e. The van der Waals surface area contributed by atoms with E-state index >= 15 is 0 Å². The van der Waals surface area contributed by atoms with Gasteiger partial charge in [-0.1, -0.05) is 29.8 Å². The molecule has 2 aromatic heterocycles. The lowest BCUT2D eigenvalue weighted by molar-refractivity contribution is 0.102. The Hall–Kier alpha value is -3.47. The molecule has 128 valence electrons. The van der Waals surface area contributed by atoms with Gasteiger partial charge in [-0.15, -0.1) is 0 Å². The molecular formula is C21H16N2O3. The minimum absolute atomic E-state index is 0.247. The van der Waals surface area contributed by atoms with Crippen molar-refractivity contribution in [1.29, 1.82) is 0 Å². The predicted molar refractivity (Wildman–Crippen MR) is 102 cm³/mol. The Morgan fingerprint density at radius 3 is 2.54 bits per heavy atom. The molecule has 26 heavy (non-hydrogen) atoms. The van der Waals surface area contributed by atoms with Crippen LogP contribution < -0.4 is 10.9 Å². The number of aryl methyl sites for hydroxylation is 2. The fourth-order valence-corrected chi connectivity index (χ4v) is 2.98. The summed E-state index contributed by atoms with van der Waals surface area (Å²) in [5, 5.41) is 3.97. The van der Waals surface area contributed by atoms with Crippen LogP contribution in [-0.4, -0.2) is 10.9 Å². The summed E-state index contributed by atoms with van der Waals surface area (Å²) in [7, 11) is 0. The zero-order valence-corrected chi connectivity index (χ0v) is 14.4. The van der Waals surface area contributed by atoms with Gasteiger partial charge in [0.15, 0.2) is 0 Å². The molecule has 0 bridgehead atoms. The van der Waals surface area contributed by atoms with Crippen LogP contribution in [0.1, 0.15) is 21.5 Å². The fraction of sp³-hybridized carbons (Fsp3) is 0.0952. The lowest BCUT2D eigenvalue weighted by Crippen LogP contribution is -2.14. The number of carbonyl (C=O) groups is 1. The van der Waals surface area contributed by atoms with E-state index in [4.69, 9.17) is 4.42 Å². The molecule has 0 saturated heterocycles. The summed E-state index contributed by atoms with van der Waals surface area (Å²) >= 11 is 0. The third-order valence-corrected chi connectivity index (χ3v) is 4.32. The van der Waals surface area contributed by atoms with Gasteiger partial charge in [-0.05, 0) is 49.7 Å². The molecule has 1 amide bonds. The molecular weight excluding hydrogens is 328 g/mol. The molecule has 4 aromatic rings. The van der Waals surface area contributed by atoms with Crippen molar-refractivity contribution in [3.63, 3.8) is 0 Å². The van der Waals surface area contributed by atoms with Gasteiger partial charge in [0, 0.05) is 10.9 Å². The SMILES string of the molecule is Cc1ccc(C(=O)Nc2cc(C)c3c(=O)oc4ccccc4c3n2)cc1. The maximum atomic E-state index is 12.5. The van der Waals surface area contributed by atoms with E-state index in [-0.39, 0.29) is 5.91 Å². The van der Waals surface area contributed by atoms with E-state index in [0.29, 0.717) is 33.4 Å². The molecule has 0 saturated carbocycles. The molecule has 5 nitrogen and oxygen atoms in total. The monoisotopic (exact) mass is 344 g/mol. The van der Waals surface area contributed by atoms with E-state index in [0.717, 1.165) is 10.9 Å². The number of benzene rings is 2. The summed E-state index contributed by atoms with van der Waals surface area (Å²) in [6.45, 7) is 3.77. The van der Waals surface area contributed by atoms with Crippen molar-refractivity contribution in [2.24, 2.45) is 0 Å². The number of pyridine rings is 1. The average Bonchev–Trinajstić information content (AvgIpc) is 2.62. The van der Waals surface area contributed by atoms with Crippen LogP contribution in [0.4, 0.5) is 5.82 Å². The molecule has 0 unspecified atom stereocenters. The molecule has 4 rings (SSSR count). The van der Waals surface area contributed by atoms with E-state index in [1.807, 2.05) is 31.2 Å². The molecule has 5 heteroatoms. The van der Waals surface area contributed by atoms with Crippen LogP contribution >= 0.6 is 0 Å². The summed E-state index contributed by atoms with van der Waals surface area (Å²) in [4.78, 5) is 29.3. The molecule has 2 heterocycles. The van der Waals surface area contributed by atoms with Gasteiger partial charge in [-0.25, -0.2) is 9.78 Å². The maximum absolute atomic E-state index is 12.5. The van der Waals surface area contributed by atoms with Gasteiger partial charge < -0.3 is 9.73 Å². The molecule has 2 aromatic carbocycles. The first-order valence-corrected chi connectivity index (χ1v) is 8.24. The lowest BCUT2D eigenvalue weighted by Gasteiger charge is -2.09. The van der Waals surface area contributed by atoms with Crippen molar-refractivity contribution in [3.8, 4) is 0 Å². The highest BCUT2D eigenvalue weighted by Gasteiger charge is 2.14. The molecule has 0 fully saturated rings. The topological polar surface area (TPSA) is 72.2 Å². The number of nitrogens with one attached hydrogen (secondary N) is 1. The Bertz CT molecular complexity index is 1210. The van der Waals surface area contributed by atoms with Gasteiger partial charge >= 0.3 is 5.63 Å². The predicted octanol–water partition coefficient (Wildman–Crippen LogP) is 4.21. The number of carbonyl (C=O) groups excluding carboxylic acids is 1. The van der Waals surface area contributed by atoms with Crippen LogP contribution in [0.25, 0.3) is 21.9 Å². The van der Waals surface area contributed by atoms with Gasteiger partial charge in [0.2, 0.25) is 0 Å². The van der Waals surface area contributed by atoms with Crippen molar-refractivity contribution < 1.29 is 9.21 Å². The Labute approximate surface area is 149 Å². The molecule has 0 atom stereocenters. The summed E-state index contributed by atoms with van der Waals surface area (Å²) in [5.74, 6) is 0.153. The zero-order chi connectivity index (χ0) is 18.3. The quantitative estimate of drug-likeness (QED) is 0.437. The third-order valence-electron chi connectivity index (χ3n) is 4.32. The molecule has 0 spiro atoms. The summed E-state index contributed by atoms with van der Waals surface area (Å²) < 4.78 is 5.37. The van der Waals surface area contributed by atoms with Crippen LogP contribution in [0.3, 0.4) is 0 Å². The standard InChI is InChI=1S/C21H16N2O3/c1-12-7-9-14(10-8-12)20(24)23-17-11-13(2)18-19(22-17)15-5-3-4-6-16(15)26-21(18)25/h3-11H,1-2H3,(H,22,23,24). The van der Waals surface area contributed by atoms with Crippen molar-refractivity contribution >= 4 is 33.6 Å². The van der Waals surface area contributed by atoms with E-state index in [1.165, 1.54) is 0 Å². The smallest absolute Gasteiger partial charge is 0.346 e. The van der Waals surface area contributed by atoms with Crippen LogP contribution in [0.5, 0.6) is 0 Å². The van der Waals surface area contributed by atoms with Crippen molar-refractivity contribution in [2.45, 2.75) is 13.8 Å². The van der Waals surface area contributed by atoms with Crippen LogP contribution in [0.15, 0.2) is 63.8 Å². The summed E-state index contributed by atoms with van der Waals surface area (Å²) in [5.41, 5.74) is 2.90. The number of fused-ring (bicyclic) bond motifs is 3. The number of anilines is 1. The number of aromatic nitrogens is 1. The number of amides is 1. The Balaban J connectivity index is 1.84. The van der Waals surface area contributed by atoms with E-state index in [9.17, 15) is 9.59 Å². The van der Waals surface area contributed by atoms with E-state index in [1.54, 1.807) is 37.3 Å². The van der Waals surface area contributed by atoms with Gasteiger partial charge in [-0.3, -0.25) is 4.79 Å². The van der Waals surface area contributed by atoms with Crippen LogP contribution in [0, 0.1) is 13.8 Å². The Morgan fingerprint density at radius 2 is 1.77 bits per heavy atom. The van der Waals surface area contributed by atoms with Gasteiger partial charge in [-0.2, -0.15) is 0 Å². The van der Waals surface area contributed by atoms with Crippen molar-refractivity contribution in [1.82, 2.24) is 4.98 Å². The lowest BCUT2D eigenvalue weighted by atomic mass is 10.1. The molecule has 0 aliphatic rings. The van der Waals surface area contributed by atoms with Crippen molar-refractivity contribution in [2.75, 3.05) is 5.32 Å². The van der Waals surface area contributed by atoms with Crippen LogP contribution in [0.2, 0.25) is 0 Å².